The van der Waals surface area contributed by atoms with E-state index in [4.69, 9.17) is 19.5 Å². The molecule has 2 aromatic carbocycles. The molecule has 1 N–H and O–H groups in total. The van der Waals surface area contributed by atoms with Crippen molar-refractivity contribution < 1.29 is 19.0 Å². The molecule has 0 saturated heterocycles. The van der Waals surface area contributed by atoms with Crippen molar-refractivity contribution in [3.63, 3.8) is 0 Å². The van der Waals surface area contributed by atoms with Gasteiger partial charge in [-0.05, 0) is 41.8 Å². The van der Waals surface area contributed by atoms with E-state index in [2.05, 4.69) is 24.4 Å². The molecular formula is C21H23N3O4. The summed E-state index contributed by atoms with van der Waals surface area (Å²) in [6, 6.07) is 14.1. The van der Waals surface area contributed by atoms with Gasteiger partial charge in [-0.2, -0.15) is 10.4 Å². The molecule has 0 aliphatic carbocycles. The first-order valence-electron chi connectivity index (χ1n) is 8.78. The van der Waals surface area contributed by atoms with Crippen LogP contribution >= 0.6 is 0 Å². The van der Waals surface area contributed by atoms with Gasteiger partial charge in [0, 0.05) is 0 Å². The summed E-state index contributed by atoms with van der Waals surface area (Å²) in [7, 11) is 1.58. The molecule has 0 aliphatic heterocycles. The maximum atomic E-state index is 11.9. The highest BCUT2D eigenvalue weighted by Gasteiger charge is 2.07. The van der Waals surface area contributed by atoms with E-state index in [0.717, 1.165) is 5.56 Å². The number of amides is 1. The number of carbonyl (C=O) groups is 1. The van der Waals surface area contributed by atoms with Gasteiger partial charge in [0.15, 0.2) is 18.1 Å². The van der Waals surface area contributed by atoms with Gasteiger partial charge in [0.1, 0.15) is 11.8 Å². The van der Waals surface area contributed by atoms with Gasteiger partial charge in [-0.15, -0.1) is 0 Å². The van der Waals surface area contributed by atoms with Crippen LogP contribution in [0.25, 0.3) is 0 Å². The molecule has 7 nitrogen and oxygen atoms in total. The third-order valence-corrected chi connectivity index (χ3v) is 3.53. The molecule has 0 saturated carbocycles. The van der Waals surface area contributed by atoms with Crippen LogP contribution in [0.15, 0.2) is 47.6 Å². The summed E-state index contributed by atoms with van der Waals surface area (Å²) in [6.07, 6.45) is 1.50. The van der Waals surface area contributed by atoms with Gasteiger partial charge in [0.25, 0.3) is 5.91 Å². The number of para-hydroxylation sites is 1. The molecule has 1 amide bonds. The van der Waals surface area contributed by atoms with Crippen molar-refractivity contribution in [1.82, 2.24) is 5.43 Å². The first kappa shape index (κ1) is 20.8. The van der Waals surface area contributed by atoms with E-state index in [9.17, 15) is 4.79 Å². The summed E-state index contributed by atoms with van der Waals surface area (Å²) in [6.45, 7) is 4.44. The number of rotatable bonds is 9. The van der Waals surface area contributed by atoms with Gasteiger partial charge < -0.3 is 14.2 Å². The van der Waals surface area contributed by atoms with E-state index in [1.54, 1.807) is 49.6 Å². The van der Waals surface area contributed by atoms with Crippen molar-refractivity contribution in [3.8, 4) is 23.3 Å². The molecule has 28 heavy (non-hydrogen) atoms. The number of benzene rings is 2. The Hall–Kier alpha value is -3.53. The predicted molar refractivity (Wildman–Crippen MR) is 106 cm³/mol. The first-order valence-corrected chi connectivity index (χ1v) is 8.78. The number of hydrogen-bond donors (Lipinski definition) is 1. The third-order valence-electron chi connectivity index (χ3n) is 3.53. The van der Waals surface area contributed by atoms with Crippen LogP contribution in [0.1, 0.15) is 25.0 Å². The van der Waals surface area contributed by atoms with E-state index in [1.165, 1.54) is 6.21 Å². The zero-order valence-electron chi connectivity index (χ0n) is 16.1. The highest BCUT2D eigenvalue weighted by molar-refractivity contribution is 5.83. The Morgan fingerprint density at radius 1 is 1.18 bits per heavy atom. The van der Waals surface area contributed by atoms with Crippen molar-refractivity contribution in [2.24, 2.45) is 11.0 Å². The molecule has 7 heteroatoms. The Morgan fingerprint density at radius 3 is 2.68 bits per heavy atom. The van der Waals surface area contributed by atoms with Crippen LogP contribution in [0, 0.1) is 17.2 Å². The van der Waals surface area contributed by atoms with Gasteiger partial charge in [0.2, 0.25) is 0 Å². The number of nitriles is 1. The smallest absolute Gasteiger partial charge is 0.277 e. The molecule has 0 unspecified atom stereocenters. The molecule has 0 atom stereocenters. The number of hydrogen-bond acceptors (Lipinski definition) is 6. The van der Waals surface area contributed by atoms with Gasteiger partial charge in [-0.1, -0.05) is 26.0 Å². The van der Waals surface area contributed by atoms with Gasteiger partial charge in [-0.3, -0.25) is 4.79 Å². The highest BCUT2D eigenvalue weighted by atomic mass is 16.5. The minimum absolute atomic E-state index is 0.249. The number of hydrazone groups is 1. The molecule has 2 aromatic rings. The highest BCUT2D eigenvalue weighted by Crippen LogP contribution is 2.28. The van der Waals surface area contributed by atoms with Crippen molar-refractivity contribution in [3.05, 3.63) is 53.6 Å². The normalized spacial score (nSPS) is 10.5. The molecular weight excluding hydrogens is 358 g/mol. The van der Waals surface area contributed by atoms with Crippen LogP contribution in [0.3, 0.4) is 0 Å². The summed E-state index contributed by atoms with van der Waals surface area (Å²) in [5.41, 5.74) is 3.50. The molecule has 146 valence electrons. The van der Waals surface area contributed by atoms with E-state index in [1.807, 2.05) is 6.07 Å². The lowest BCUT2D eigenvalue weighted by Gasteiger charge is -2.12. The Labute approximate surface area is 164 Å². The topological polar surface area (TPSA) is 92.9 Å². The van der Waals surface area contributed by atoms with Crippen molar-refractivity contribution in [2.75, 3.05) is 20.3 Å². The number of ether oxygens (including phenoxy) is 3. The molecule has 0 radical (unpaired) electrons. The average Bonchev–Trinajstić information content (AvgIpc) is 2.71. The molecule has 0 aliphatic rings. The number of methoxy groups -OCH3 is 1. The minimum Gasteiger partial charge on any atom is -0.493 e. The Kier molecular flexibility index (Phi) is 7.85. The lowest BCUT2D eigenvalue weighted by molar-refractivity contribution is -0.123. The summed E-state index contributed by atoms with van der Waals surface area (Å²) in [5, 5.41) is 12.9. The van der Waals surface area contributed by atoms with Gasteiger partial charge >= 0.3 is 0 Å². The largest absolute Gasteiger partial charge is 0.493 e. The van der Waals surface area contributed by atoms with Crippen molar-refractivity contribution in [2.45, 2.75) is 13.8 Å². The molecule has 0 heterocycles. The van der Waals surface area contributed by atoms with Crippen LogP contribution in [0.2, 0.25) is 0 Å². The molecule has 0 fully saturated rings. The van der Waals surface area contributed by atoms with Crippen molar-refractivity contribution in [1.29, 1.82) is 5.26 Å². The maximum absolute atomic E-state index is 11.9. The lowest BCUT2D eigenvalue weighted by atomic mass is 10.2. The fourth-order valence-electron chi connectivity index (χ4n) is 2.18. The summed E-state index contributed by atoms with van der Waals surface area (Å²) < 4.78 is 16.4. The predicted octanol–water partition coefficient (Wildman–Crippen LogP) is 3.13. The minimum atomic E-state index is -0.436. The van der Waals surface area contributed by atoms with Crippen LogP contribution in [-0.4, -0.2) is 32.4 Å². The van der Waals surface area contributed by atoms with E-state index < -0.39 is 5.91 Å². The molecule has 0 aromatic heterocycles. The Balaban J connectivity index is 1.91. The van der Waals surface area contributed by atoms with Gasteiger partial charge in [-0.25, -0.2) is 5.43 Å². The van der Waals surface area contributed by atoms with Crippen LogP contribution in [0.5, 0.6) is 17.2 Å². The summed E-state index contributed by atoms with van der Waals surface area (Å²) in [4.78, 5) is 11.9. The third kappa shape index (κ3) is 6.32. The standard InChI is InChI=1S/C21H23N3O4/c1-15(2)13-27-20-10-16(8-9-19(20)26-3)12-23-24-21(25)14-28-18-7-5-4-6-17(18)11-22/h4-10,12,15H,13-14H2,1-3H3,(H,24,25)/b23-12+. The van der Waals surface area contributed by atoms with Crippen LogP contribution in [0.4, 0.5) is 0 Å². The van der Waals surface area contributed by atoms with Crippen LogP contribution < -0.4 is 19.6 Å². The SMILES string of the molecule is COc1ccc(/C=N/NC(=O)COc2ccccc2C#N)cc1OCC(C)C. The number of nitrogens with one attached hydrogen (secondary N) is 1. The fraction of sp³-hybridized carbons (Fsp3) is 0.286. The molecule has 2 rings (SSSR count). The van der Waals surface area contributed by atoms with E-state index in [0.29, 0.717) is 35.3 Å². The number of carbonyl (C=O) groups excluding carboxylic acids is 1. The zero-order valence-corrected chi connectivity index (χ0v) is 16.1. The van der Waals surface area contributed by atoms with Crippen LogP contribution in [-0.2, 0) is 4.79 Å². The zero-order chi connectivity index (χ0) is 20.4. The molecule has 0 bridgehead atoms. The van der Waals surface area contributed by atoms with E-state index in [-0.39, 0.29) is 6.61 Å². The number of nitrogens with zero attached hydrogens (tertiary/aromatic N) is 2. The van der Waals surface area contributed by atoms with E-state index >= 15 is 0 Å². The second-order valence-electron chi connectivity index (χ2n) is 6.30. The lowest BCUT2D eigenvalue weighted by Crippen LogP contribution is -2.24. The monoisotopic (exact) mass is 381 g/mol. The maximum Gasteiger partial charge on any atom is 0.277 e. The molecule has 0 spiro atoms. The fourth-order valence-corrected chi connectivity index (χ4v) is 2.18. The Bertz CT molecular complexity index is 872. The second-order valence-corrected chi connectivity index (χ2v) is 6.30. The summed E-state index contributed by atoms with van der Waals surface area (Å²) >= 11 is 0. The first-order chi connectivity index (χ1) is 13.5. The average molecular weight is 381 g/mol. The summed E-state index contributed by atoms with van der Waals surface area (Å²) in [5.74, 6) is 1.54. The van der Waals surface area contributed by atoms with Gasteiger partial charge in [0.05, 0.1) is 25.5 Å². The second kappa shape index (κ2) is 10.6. The Morgan fingerprint density at radius 2 is 1.96 bits per heavy atom. The quantitative estimate of drug-likeness (QED) is 0.532. The van der Waals surface area contributed by atoms with Crippen molar-refractivity contribution >= 4 is 12.1 Å².